The minimum absolute atomic E-state index is 0.00452. The second kappa shape index (κ2) is 15.5. The average molecular weight is 738 g/mol. The molecule has 1 amide bonds. The fraction of sp³-hybridized carbons (Fsp3) is 0.250. The molecular weight excluding hydrogens is 702 g/mol. The third kappa shape index (κ3) is 6.92. The molecule has 0 radical (unpaired) electrons. The van der Waals surface area contributed by atoms with Gasteiger partial charge in [0.25, 0.3) is 11.5 Å². The lowest BCUT2D eigenvalue weighted by Gasteiger charge is -2.28. The maximum absolute atomic E-state index is 14.5. The highest BCUT2D eigenvalue weighted by atomic mass is 35.5. The van der Waals surface area contributed by atoms with Gasteiger partial charge in [0.15, 0.2) is 23.0 Å². The number of methoxy groups -OCH3 is 6. The smallest absolute Gasteiger partial charge is 0.338 e. The maximum Gasteiger partial charge on any atom is 0.338 e. The molecule has 51 heavy (non-hydrogen) atoms. The van der Waals surface area contributed by atoms with Gasteiger partial charge >= 0.3 is 5.97 Å². The number of amides is 1. The molecule has 2 heterocycles. The van der Waals surface area contributed by atoms with Crippen LogP contribution in [-0.4, -0.2) is 65.7 Å². The number of thiazole rings is 1. The van der Waals surface area contributed by atoms with E-state index in [2.05, 4.69) is 5.32 Å². The summed E-state index contributed by atoms with van der Waals surface area (Å²) in [4.78, 5) is 42.6. The van der Waals surface area contributed by atoms with Crippen molar-refractivity contribution in [2.45, 2.75) is 12.8 Å². The number of carbonyl (C=O) groups excluding carboxylic acids is 2. The van der Waals surface area contributed by atoms with Crippen molar-refractivity contribution in [2.24, 2.45) is 5.73 Å². The molecule has 0 saturated carbocycles. The topological polar surface area (TPSA) is 159 Å². The number of aromatic nitrogens is 1. The minimum atomic E-state index is -1.17. The van der Waals surface area contributed by atoms with Gasteiger partial charge in [-0.2, -0.15) is 0 Å². The van der Waals surface area contributed by atoms with Crippen molar-refractivity contribution in [3.63, 3.8) is 0 Å². The molecule has 15 heteroatoms. The molecule has 1 aromatic heterocycles. The molecule has 3 N–H and O–H groups in total. The van der Waals surface area contributed by atoms with Crippen molar-refractivity contribution in [1.82, 2.24) is 4.57 Å². The van der Waals surface area contributed by atoms with Gasteiger partial charge < -0.3 is 44.2 Å². The van der Waals surface area contributed by atoms with Gasteiger partial charge in [-0.25, -0.2) is 4.79 Å². The summed E-state index contributed by atoms with van der Waals surface area (Å²) in [7, 11) is 8.78. The van der Waals surface area contributed by atoms with Crippen LogP contribution in [0.4, 0.5) is 5.69 Å². The summed E-state index contributed by atoms with van der Waals surface area (Å²) >= 11 is 7.11. The molecule has 5 rings (SSSR count). The fourth-order valence-corrected chi connectivity index (χ4v) is 7.05. The van der Waals surface area contributed by atoms with E-state index in [-0.39, 0.29) is 50.0 Å². The summed E-state index contributed by atoms with van der Waals surface area (Å²) in [5.74, 6) is -0.924. The normalized spacial score (nSPS) is 14.1. The lowest BCUT2D eigenvalue weighted by atomic mass is 9.82. The molecule has 1 aliphatic rings. The van der Waals surface area contributed by atoms with Gasteiger partial charge in [-0.3, -0.25) is 14.2 Å². The van der Waals surface area contributed by atoms with Crippen LogP contribution in [0.3, 0.4) is 0 Å². The Morgan fingerprint density at radius 1 is 0.843 bits per heavy atom. The number of nitrogens with zero attached hydrogens (tertiary/aromatic N) is 1. The van der Waals surface area contributed by atoms with Crippen LogP contribution in [-0.2, 0) is 14.3 Å². The number of anilines is 1. The Bertz CT molecular complexity index is 2160. The van der Waals surface area contributed by atoms with Crippen molar-refractivity contribution in [1.29, 1.82) is 0 Å². The van der Waals surface area contributed by atoms with E-state index in [1.807, 2.05) is 0 Å². The standard InChI is InChI=1S/C36H36ClN3O10S/c1-8-50-36(43)28-27(19-16-24(46-4)31(49-7)25(17-19)47-5)29(33(41)39-21-11-9-20(37)10-12-21)35-40(32(28)38)34(42)26(51-35)15-18-13-22(44-2)30(48-6)23(14-18)45-3/h9-17,27H,8,38H2,1-7H3,(H,39,41)/b26-15-. The van der Waals surface area contributed by atoms with E-state index in [1.54, 1.807) is 61.5 Å². The van der Waals surface area contributed by atoms with E-state index in [4.69, 9.17) is 50.5 Å². The fourth-order valence-electron chi connectivity index (χ4n) is 5.75. The Labute approximate surface area is 302 Å². The van der Waals surface area contributed by atoms with E-state index in [0.717, 1.165) is 15.9 Å². The van der Waals surface area contributed by atoms with Crippen LogP contribution in [0.1, 0.15) is 24.0 Å². The highest BCUT2D eigenvalue weighted by molar-refractivity contribution is 7.07. The zero-order chi connectivity index (χ0) is 37.0. The Morgan fingerprint density at radius 2 is 1.37 bits per heavy atom. The van der Waals surface area contributed by atoms with Crippen molar-refractivity contribution in [3.8, 4) is 34.5 Å². The van der Waals surface area contributed by atoms with E-state index < -0.39 is 23.4 Å². The van der Waals surface area contributed by atoms with Gasteiger partial charge in [-0.1, -0.05) is 11.6 Å². The predicted octanol–water partition coefficient (Wildman–Crippen LogP) is 3.72. The number of rotatable bonds is 12. The van der Waals surface area contributed by atoms with Gasteiger partial charge in [-0.15, -0.1) is 11.3 Å². The minimum Gasteiger partial charge on any atom is -0.493 e. The third-order valence-electron chi connectivity index (χ3n) is 8.00. The maximum atomic E-state index is 14.5. The number of nitrogens with one attached hydrogen (secondary N) is 1. The summed E-state index contributed by atoms with van der Waals surface area (Å²) in [5.41, 5.74) is 7.37. The zero-order valence-corrected chi connectivity index (χ0v) is 30.4. The first-order valence-corrected chi connectivity index (χ1v) is 16.6. The first-order chi connectivity index (χ1) is 24.5. The van der Waals surface area contributed by atoms with Crippen LogP contribution >= 0.6 is 22.9 Å². The molecule has 1 unspecified atom stereocenters. The quantitative estimate of drug-likeness (QED) is 0.204. The summed E-state index contributed by atoms with van der Waals surface area (Å²) in [5, 5.41) is 3.35. The number of hydrogen-bond donors (Lipinski definition) is 2. The predicted molar refractivity (Wildman–Crippen MR) is 194 cm³/mol. The van der Waals surface area contributed by atoms with Crippen LogP contribution in [0.15, 0.2) is 58.9 Å². The number of esters is 1. The van der Waals surface area contributed by atoms with E-state index in [0.29, 0.717) is 39.1 Å². The molecule has 1 aliphatic heterocycles. The Balaban J connectivity index is 1.90. The van der Waals surface area contributed by atoms with Crippen LogP contribution in [0, 0.1) is 0 Å². The number of fused-ring (bicyclic) bond motifs is 1. The van der Waals surface area contributed by atoms with Gasteiger partial charge in [-0.05, 0) is 72.7 Å². The van der Waals surface area contributed by atoms with Gasteiger partial charge in [0.2, 0.25) is 11.5 Å². The summed E-state index contributed by atoms with van der Waals surface area (Å²) in [6.45, 7) is 1.63. The number of ether oxygens (including phenoxy) is 7. The van der Waals surface area contributed by atoms with Gasteiger partial charge in [0.05, 0.1) is 70.9 Å². The highest BCUT2D eigenvalue weighted by Gasteiger charge is 2.40. The average Bonchev–Trinajstić information content (AvgIpc) is 3.45. The van der Waals surface area contributed by atoms with Crippen molar-refractivity contribution < 1.29 is 42.7 Å². The van der Waals surface area contributed by atoms with Crippen LogP contribution in [0.25, 0.3) is 17.5 Å². The number of carbonyl (C=O) groups is 2. The molecule has 0 aliphatic carbocycles. The molecule has 4 aromatic rings. The molecule has 1 atom stereocenters. The summed E-state index contributed by atoms with van der Waals surface area (Å²) < 4.78 is 40.2. The second-order valence-corrected chi connectivity index (χ2v) is 12.3. The molecule has 0 saturated heterocycles. The Kier molecular flexibility index (Phi) is 11.2. The van der Waals surface area contributed by atoms with Crippen LogP contribution in [0.2, 0.25) is 5.02 Å². The molecule has 0 fully saturated rings. The summed E-state index contributed by atoms with van der Waals surface area (Å²) in [6.07, 6.45) is 1.60. The number of hydrogen-bond acceptors (Lipinski definition) is 12. The number of benzene rings is 3. The zero-order valence-electron chi connectivity index (χ0n) is 28.9. The highest BCUT2D eigenvalue weighted by Crippen LogP contribution is 2.45. The van der Waals surface area contributed by atoms with E-state index in [9.17, 15) is 14.4 Å². The van der Waals surface area contributed by atoms with Gasteiger partial charge in [0, 0.05) is 10.7 Å². The lowest BCUT2D eigenvalue weighted by molar-refractivity contribution is -0.138. The lowest BCUT2D eigenvalue weighted by Crippen LogP contribution is -2.42. The molecule has 0 bridgehead atoms. The van der Waals surface area contributed by atoms with Crippen molar-refractivity contribution >= 4 is 58.0 Å². The second-order valence-electron chi connectivity index (χ2n) is 10.8. The Morgan fingerprint density at radius 3 is 1.86 bits per heavy atom. The number of nitrogens with two attached hydrogens (primary N) is 1. The molecule has 268 valence electrons. The van der Waals surface area contributed by atoms with E-state index in [1.165, 1.54) is 42.7 Å². The Hall–Kier alpha value is -5.60. The van der Waals surface area contributed by atoms with Gasteiger partial charge in [0.1, 0.15) is 10.5 Å². The van der Waals surface area contributed by atoms with E-state index >= 15 is 0 Å². The number of halogens is 1. The van der Waals surface area contributed by atoms with Crippen molar-refractivity contribution in [2.75, 3.05) is 54.6 Å². The largest absolute Gasteiger partial charge is 0.493 e. The third-order valence-corrected chi connectivity index (χ3v) is 9.36. The molecule has 13 nitrogen and oxygen atoms in total. The van der Waals surface area contributed by atoms with Crippen LogP contribution in [0.5, 0.6) is 34.5 Å². The molecular formula is C36H36ClN3O10S. The first kappa shape index (κ1) is 36.7. The monoisotopic (exact) mass is 737 g/mol. The van der Waals surface area contributed by atoms with Crippen LogP contribution < -0.4 is 54.2 Å². The molecule has 0 spiro atoms. The SMILES string of the molecule is CCOC(=O)C1=C(N)n2c(s/c(=C\c3cc(OC)c(OC)c(OC)c3)c2=O)=C(C(=O)Nc2ccc(Cl)cc2)C1c1cc(OC)c(OC)c(OC)c1. The molecule has 3 aromatic carbocycles. The van der Waals surface area contributed by atoms with Crippen molar-refractivity contribution in [3.05, 3.63) is 89.8 Å². The summed E-state index contributed by atoms with van der Waals surface area (Å²) in [6, 6.07) is 13.0. The first-order valence-electron chi connectivity index (χ1n) is 15.4.